The van der Waals surface area contributed by atoms with Crippen LogP contribution in [-0.2, 0) is 9.53 Å². The predicted octanol–water partition coefficient (Wildman–Crippen LogP) is 6.30. The van der Waals surface area contributed by atoms with Crippen molar-refractivity contribution in [3.05, 3.63) is 12.2 Å². The molecule has 0 saturated carbocycles. The summed E-state index contributed by atoms with van der Waals surface area (Å²) in [7, 11) is 0. The van der Waals surface area contributed by atoms with Crippen molar-refractivity contribution in [2.24, 2.45) is 10.8 Å². The van der Waals surface area contributed by atoms with E-state index < -0.39 is 0 Å². The van der Waals surface area contributed by atoms with E-state index in [1.54, 1.807) is 6.92 Å². The monoisotopic (exact) mass is 310 g/mol. The molecule has 0 aromatic carbocycles. The van der Waals surface area contributed by atoms with Crippen LogP contribution in [-0.4, -0.2) is 12.6 Å². The molecular formula is C20H38O2. The first kappa shape index (κ1) is 21.2. The van der Waals surface area contributed by atoms with Gasteiger partial charge in [0.15, 0.2) is 0 Å². The Morgan fingerprint density at radius 1 is 0.909 bits per heavy atom. The minimum atomic E-state index is -0.263. The number of rotatable bonds is 11. The fourth-order valence-corrected chi connectivity index (χ4v) is 3.22. The molecule has 0 bridgehead atoms. The van der Waals surface area contributed by atoms with E-state index in [0.29, 0.717) is 23.0 Å². The number of esters is 1. The van der Waals surface area contributed by atoms with E-state index in [0.717, 1.165) is 12.8 Å². The van der Waals surface area contributed by atoms with Gasteiger partial charge in [0.2, 0.25) is 0 Å². The minimum Gasteiger partial charge on any atom is -0.462 e. The summed E-state index contributed by atoms with van der Waals surface area (Å²) in [6, 6.07) is 0. The zero-order chi connectivity index (χ0) is 17.2. The van der Waals surface area contributed by atoms with Gasteiger partial charge in [-0.15, -0.1) is 0 Å². The number of hydrogen-bond acceptors (Lipinski definition) is 2. The standard InChI is InChI=1S/C20H38O2/c1-17(2)18(21)22-15-13-11-9-8-10-12-14-20(6,7)16-19(3,4)5/h1,8-16H2,2-7H3. The topological polar surface area (TPSA) is 26.3 Å². The van der Waals surface area contributed by atoms with E-state index in [1.165, 1.54) is 38.5 Å². The van der Waals surface area contributed by atoms with Gasteiger partial charge in [0.25, 0.3) is 0 Å². The van der Waals surface area contributed by atoms with Crippen LogP contribution in [0.3, 0.4) is 0 Å². The predicted molar refractivity (Wildman–Crippen MR) is 95.9 cm³/mol. The molecule has 0 amide bonds. The lowest BCUT2D eigenvalue weighted by Gasteiger charge is -2.32. The Labute approximate surface area is 138 Å². The second kappa shape index (κ2) is 10.1. The summed E-state index contributed by atoms with van der Waals surface area (Å²) in [6.07, 6.45) is 9.90. The lowest BCUT2D eigenvalue weighted by atomic mass is 9.73. The van der Waals surface area contributed by atoms with Crippen molar-refractivity contribution in [2.45, 2.75) is 92.9 Å². The molecule has 0 aliphatic heterocycles. The van der Waals surface area contributed by atoms with Crippen molar-refractivity contribution in [2.75, 3.05) is 6.61 Å². The van der Waals surface area contributed by atoms with Crippen LogP contribution < -0.4 is 0 Å². The van der Waals surface area contributed by atoms with Gasteiger partial charge >= 0.3 is 5.97 Å². The quantitative estimate of drug-likeness (QED) is 0.254. The zero-order valence-corrected chi connectivity index (χ0v) is 15.9. The molecule has 0 heterocycles. The number of hydrogen-bond donors (Lipinski definition) is 0. The number of carbonyl (C=O) groups is 1. The summed E-state index contributed by atoms with van der Waals surface area (Å²) in [4.78, 5) is 11.2. The molecule has 0 aromatic heterocycles. The summed E-state index contributed by atoms with van der Waals surface area (Å²) in [6.45, 7) is 17.6. The van der Waals surface area contributed by atoms with Crippen molar-refractivity contribution >= 4 is 5.97 Å². The molecule has 22 heavy (non-hydrogen) atoms. The Morgan fingerprint density at radius 3 is 1.91 bits per heavy atom. The summed E-state index contributed by atoms with van der Waals surface area (Å²) in [5.74, 6) is -0.263. The Morgan fingerprint density at radius 2 is 1.41 bits per heavy atom. The summed E-state index contributed by atoms with van der Waals surface area (Å²) < 4.78 is 5.08. The highest BCUT2D eigenvalue weighted by molar-refractivity contribution is 5.86. The molecular weight excluding hydrogens is 272 g/mol. The third-order valence-corrected chi connectivity index (χ3v) is 3.84. The molecule has 0 rings (SSSR count). The zero-order valence-electron chi connectivity index (χ0n) is 15.9. The van der Waals surface area contributed by atoms with Crippen LogP contribution in [0.15, 0.2) is 12.2 Å². The lowest BCUT2D eigenvalue weighted by Crippen LogP contribution is -2.20. The summed E-state index contributed by atoms with van der Waals surface area (Å²) in [5, 5.41) is 0. The maximum absolute atomic E-state index is 11.2. The molecule has 0 aliphatic rings. The largest absolute Gasteiger partial charge is 0.462 e. The van der Waals surface area contributed by atoms with Gasteiger partial charge in [-0.2, -0.15) is 0 Å². The highest BCUT2D eigenvalue weighted by Crippen LogP contribution is 2.37. The van der Waals surface area contributed by atoms with Gasteiger partial charge in [0.1, 0.15) is 0 Å². The Hall–Kier alpha value is -0.790. The Bertz CT molecular complexity index is 334. The number of unbranched alkanes of at least 4 members (excludes halogenated alkanes) is 5. The summed E-state index contributed by atoms with van der Waals surface area (Å²) >= 11 is 0. The number of ether oxygens (including phenoxy) is 1. The van der Waals surface area contributed by atoms with E-state index in [2.05, 4.69) is 41.2 Å². The second-order valence-corrected chi connectivity index (χ2v) is 8.69. The molecule has 0 saturated heterocycles. The highest BCUT2D eigenvalue weighted by atomic mass is 16.5. The molecule has 0 fully saturated rings. The molecule has 0 aliphatic carbocycles. The molecule has 0 radical (unpaired) electrons. The maximum atomic E-state index is 11.2. The molecule has 0 atom stereocenters. The normalized spacial score (nSPS) is 12.3. The van der Waals surface area contributed by atoms with Crippen molar-refractivity contribution in [1.29, 1.82) is 0 Å². The Balaban J connectivity index is 3.51. The van der Waals surface area contributed by atoms with Gasteiger partial charge in [0, 0.05) is 5.57 Å². The van der Waals surface area contributed by atoms with Crippen molar-refractivity contribution in [3.63, 3.8) is 0 Å². The fourth-order valence-electron chi connectivity index (χ4n) is 3.22. The van der Waals surface area contributed by atoms with Crippen LogP contribution in [0.1, 0.15) is 92.9 Å². The van der Waals surface area contributed by atoms with Crippen molar-refractivity contribution < 1.29 is 9.53 Å². The molecule has 2 heteroatoms. The number of carbonyl (C=O) groups excluding carboxylic acids is 1. The molecule has 0 N–H and O–H groups in total. The average Bonchev–Trinajstić information content (AvgIpc) is 2.33. The second-order valence-electron chi connectivity index (χ2n) is 8.69. The molecule has 130 valence electrons. The van der Waals surface area contributed by atoms with Crippen LogP contribution in [0.2, 0.25) is 0 Å². The minimum absolute atomic E-state index is 0.263. The van der Waals surface area contributed by atoms with E-state index >= 15 is 0 Å². The molecule has 0 unspecified atom stereocenters. The first-order chi connectivity index (χ1) is 10.0. The van der Waals surface area contributed by atoms with Crippen LogP contribution in [0.25, 0.3) is 0 Å². The van der Waals surface area contributed by atoms with Crippen molar-refractivity contribution in [3.8, 4) is 0 Å². The van der Waals surface area contributed by atoms with Crippen molar-refractivity contribution in [1.82, 2.24) is 0 Å². The van der Waals surface area contributed by atoms with E-state index in [-0.39, 0.29) is 5.97 Å². The third-order valence-electron chi connectivity index (χ3n) is 3.84. The third kappa shape index (κ3) is 12.9. The SMILES string of the molecule is C=C(C)C(=O)OCCCCCCCCC(C)(C)CC(C)(C)C. The average molecular weight is 311 g/mol. The van der Waals surface area contributed by atoms with E-state index in [1.807, 2.05) is 0 Å². The molecule has 0 aromatic rings. The smallest absolute Gasteiger partial charge is 0.333 e. The van der Waals surface area contributed by atoms with Gasteiger partial charge in [0.05, 0.1) is 6.61 Å². The van der Waals surface area contributed by atoms with Crippen LogP contribution in [0, 0.1) is 10.8 Å². The van der Waals surface area contributed by atoms with Gasteiger partial charge in [-0.25, -0.2) is 4.79 Å². The maximum Gasteiger partial charge on any atom is 0.333 e. The Kier molecular flexibility index (Phi) is 9.71. The molecule has 0 spiro atoms. The first-order valence-electron chi connectivity index (χ1n) is 8.86. The molecule has 2 nitrogen and oxygen atoms in total. The lowest BCUT2D eigenvalue weighted by molar-refractivity contribution is -0.139. The van der Waals surface area contributed by atoms with Gasteiger partial charge in [-0.3, -0.25) is 0 Å². The van der Waals surface area contributed by atoms with Crippen LogP contribution >= 0.6 is 0 Å². The van der Waals surface area contributed by atoms with E-state index in [9.17, 15) is 4.79 Å². The van der Waals surface area contributed by atoms with Crippen LogP contribution in [0.5, 0.6) is 0 Å². The van der Waals surface area contributed by atoms with Crippen LogP contribution in [0.4, 0.5) is 0 Å². The first-order valence-corrected chi connectivity index (χ1v) is 8.86. The van der Waals surface area contributed by atoms with Gasteiger partial charge < -0.3 is 4.74 Å². The highest BCUT2D eigenvalue weighted by Gasteiger charge is 2.24. The van der Waals surface area contributed by atoms with Gasteiger partial charge in [-0.05, 0) is 37.0 Å². The summed E-state index contributed by atoms with van der Waals surface area (Å²) in [5.41, 5.74) is 1.36. The fraction of sp³-hybridized carbons (Fsp3) is 0.850. The van der Waals surface area contributed by atoms with Gasteiger partial charge in [-0.1, -0.05) is 73.3 Å². The van der Waals surface area contributed by atoms with E-state index in [4.69, 9.17) is 4.74 Å².